The quantitative estimate of drug-likeness (QED) is 0.487. The van der Waals surface area contributed by atoms with Gasteiger partial charge in [0, 0.05) is 28.4 Å². The Hall–Kier alpha value is -3.22. The average Bonchev–Trinajstić information content (AvgIpc) is 3.35. The smallest absolute Gasteiger partial charge is 0.287 e. The van der Waals surface area contributed by atoms with Crippen molar-refractivity contribution in [2.24, 2.45) is 0 Å². The minimum absolute atomic E-state index is 0.210. The predicted molar refractivity (Wildman–Crippen MR) is 114 cm³/mol. The van der Waals surface area contributed by atoms with Gasteiger partial charge in [0.15, 0.2) is 11.5 Å². The number of halogens is 2. The zero-order valence-corrected chi connectivity index (χ0v) is 17.1. The van der Waals surface area contributed by atoms with Gasteiger partial charge in [-0.25, -0.2) is 4.98 Å². The molecule has 0 fully saturated rings. The fourth-order valence-electron chi connectivity index (χ4n) is 3.41. The molecule has 6 nitrogen and oxygen atoms in total. The van der Waals surface area contributed by atoms with Crippen LogP contribution in [0.1, 0.15) is 16.2 Å². The van der Waals surface area contributed by atoms with Gasteiger partial charge >= 0.3 is 0 Å². The maximum atomic E-state index is 12.9. The van der Waals surface area contributed by atoms with E-state index in [1.807, 2.05) is 36.4 Å². The molecule has 0 radical (unpaired) electrons. The number of fused-ring (bicyclic) bond motifs is 2. The van der Waals surface area contributed by atoms with Crippen LogP contribution in [-0.4, -0.2) is 22.1 Å². The first-order valence-corrected chi connectivity index (χ1v) is 9.94. The fraction of sp³-hybridized carbons (Fsp3) is 0.0909. The zero-order valence-electron chi connectivity index (χ0n) is 15.6. The number of nitrogens with one attached hydrogen (secondary N) is 1. The van der Waals surface area contributed by atoms with E-state index in [4.69, 9.17) is 32.7 Å². The number of benzene rings is 2. The molecular formula is C22H15Cl2N3O3. The van der Waals surface area contributed by atoms with Crippen molar-refractivity contribution in [3.8, 4) is 22.8 Å². The summed E-state index contributed by atoms with van der Waals surface area (Å²) in [5.74, 6) is 1.35. The Bertz CT molecular complexity index is 1270. The van der Waals surface area contributed by atoms with E-state index in [2.05, 4.69) is 10.3 Å². The summed E-state index contributed by atoms with van der Waals surface area (Å²) in [5.41, 5.74) is 3.05. The first-order chi connectivity index (χ1) is 14.6. The number of aromatic nitrogens is 2. The number of pyridine rings is 1. The Morgan fingerprint density at radius 1 is 1.03 bits per heavy atom. The number of carbonyl (C=O) groups excluding carboxylic acids is 1. The van der Waals surface area contributed by atoms with Crippen LogP contribution in [0.2, 0.25) is 10.0 Å². The Morgan fingerprint density at radius 2 is 1.83 bits per heavy atom. The lowest BCUT2D eigenvalue weighted by molar-refractivity contribution is 0.0940. The van der Waals surface area contributed by atoms with E-state index in [0.29, 0.717) is 33.8 Å². The molecule has 0 unspecified atom stereocenters. The monoisotopic (exact) mass is 439 g/mol. The summed E-state index contributed by atoms with van der Waals surface area (Å²) in [6, 6.07) is 16.4. The normalized spacial score (nSPS) is 12.3. The molecule has 2 aromatic carbocycles. The number of imidazole rings is 1. The lowest BCUT2D eigenvalue weighted by Crippen LogP contribution is -2.25. The standard InChI is InChI=1S/C22H15Cl2N3O3/c23-15-8-14(9-16(24)10-15)20-17-3-1-2-6-27(17)21(26-20)22(28)25-11-13-4-5-18-19(7-13)30-12-29-18/h1-10H,11-12H2,(H,25,28). The number of nitrogens with zero attached hydrogens (tertiary/aromatic N) is 2. The first kappa shape index (κ1) is 18.8. The molecule has 4 aromatic rings. The summed E-state index contributed by atoms with van der Waals surface area (Å²) in [7, 11) is 0. The lowest BCUT2D eigenvalue weighted by Gasteiger charge is -2.06. The van der Waals surface area contributed by atoms with Crippen LogP contribution in [0.25, 0.3) is 16.8 Å². The van der Waals surface area contributed by atoms with Crippen molar-refractivity contribution in [3.63, 3.8) is 0 Å². The second kappa shape index (κ2) is 7.55. The molecule has 0 atom stereocenters. The highest BCUT2D eigenvalue weighted by Crippen LogP contribution is 2.33. The van der Waals surface area contributed by atoms with Crippen molar-refractivity contribution in [2.45, 2.75) is 6.54 Å². The van der Waals surface area contributed by atoms with Gasteiger partial charge in [-0.2, -0.15) is 0 Å². The van der Waals surface area contributed by atoms with Gasteiger partial charge in [0.1, 0.15) is 0 Å². The van der Waals surface area contributed by atoms with Gasteiger partial charge < -0.3 is 14.8 Å². The Balaban J connectivity index is 1.46. The minimum atomic E-state index is -0.298. The van der Waals surface area contributed by atoms with E-state index >= 15 is 0 Å². The summed E-state index contributed by atoms with van der Waals surface area (Å²) < 4.78 is 12.5. The van der Waals surface area contributed by atoms with Crippen molar-refractivity contribution in [1.82, 2.24) is 14.7 Å². The van der Waals surface area contributed by atoms with E-state index in [1.165, 1.54) is 0 Å². The third-order valence-electron chi connectivity index (χ3n) is 4.78. The van der Waals surface area contributed by atoms with E-state index in [9.17, 15) is 4.79 Å². The van der Waals surface area contributed by atoms with E-state index in [0.717, 1.165) is 16.6 Å². The van der Waals surface area contributed by atoms with Crippen molar-refractivity contribution < 1.29 is 14.3 Å². The molecule has 150 valence electrons. The molecular weight excluding hydrogens is 425 g/mol. The van der Waals surface area contributed by atoms with Gasteiger partial charge in [0.05, 0.1) is 11.2 Å². The van der Waals surface area contributed by atoms with Crippen molar-refractivity contribution >= 4 is 34.6 Å². The molecule has 1 N–H and O–H groups in total. The summed E-state index contributed by atoms with van der Waals surface area (Å²) in [5, 5.41) is 3.92. The third-order valence-corrected chi connectivity index (χ3v) is 5.21. The molecule has 0 aliphatic carbocycles. The number of ether oxygens (including phenoxy) is 2. The summed E-state index contributed by atoms with van der Waals surface area (Å²) >= 11 is 12.3. The van der Waals surface area contributed by atoms with Gasteiger partial charge in [-0.15, -0.1) is 0 Å². The highest BCUT2D eigenvalue weighted by atomic mass is 35.5. The Kier molecular flexibility index (Phi) is 4.73. The highest BCUT2D eigenvalue weighted by Gasteiger charge is 2.19. The largest absolute Gasteiger partial charge is 0.454 e. The molecule has 0 spiro atoms. The number of carbonyl (C=O) groups is 1. The van der Waals surface area contributed by atoms with Gasteiger partial charge in [-0.3, -0.25) is 9.20 Å². The van der Waals surface area contributed by atoms with Crippen LogP contribution in [0.15, 0.2) is 60.8 Å². The van der Waals surface area contributed by atoms with E-state index < -0.39 is 0 Å². The zero-order chi connectivity index (χ0) is 20.7. The molecule has 3 heterocycles. The SMILES string of the molecule is O=C(NCc1ccc2c(c1)OCO2)c1nc(-c2cc(Cl)cc(Cl)c2)c2ccccn12. The molecule has 0 bridgehead atoms. The van der Waals surface area contributed by atoms with Crippen LogP contribution >= 0.6 is 23.2 Å². The molecule has 8 heteroatoms. The third kappa shape index (κ3) is 3.44. The number of hydrogen-bond donors (Lipinski definition) is 1. The van der Waals surface area contributed by atoms with Crippen LogP contribution < -0.4 is 14.8 Å². The maximum Gasteiger partial charge on any atom is 0.287 e. The predicted octanol–water partition coefficient (Wildman–Crippen LogP) is 4.97. The van der Waals surface area contributed by atoms with Crippen LogP contribution in [0.3, 0.4) is 0 Å². The maximum absolute atomic E-state index is 12.9. The van der Waals surface area contributed by atoms with Crippen molar-refractivity contribution in [2.75, 3.05) is 6.79 Å². The highest BCUT2D eigenvalue weighted by molar-refractivity contribution is 6.35. The molecule has 1 aliphatic rings. The molecule has 1 amide bonds. The van der Waals surface area contributed by atoms with E-state index in [-0.39, 0.29) is 18.5 Å². The summed E-state index contributed by atoms with van der Waals surface area (Å²) in [4.78, 5) is 17.5. The average molecular weight is 440 g/mol. The summed E-state index contributed by atoms with van der Waals surface area (Å²) in [6.07, 6.45) is 1.80. The molecule has 2 aromatic heterocycles. The van der Waals surface area contributed by atoms with Gasteiger partial charge in [0.2, 0.25) is 12.6 Å². The second-order valence-electron chi connectivity index (χ2n) is 6.77. The molecule has 5 rings (SSSR count). The van der Waals surface area contributed by atoms with Crippen LogP contribution in [0.5, 0.6) is 11.5 Å². The first-order valence-electron chi connectivity index (χ1n) is 9.19. The van der Waals surface area contributed by atoms with Gasteiger partial charge in [0.25, 0.3) is 5.91 Å². The van der Waals surface area contributed by atoms with Crippen LogP contribution in [0.4, 0.5) is 0 Å². The molecule has 30 heavy (non-hydrogen) atoms. The lowest BCUT2D eigenvalue weighted by atomic mass is 10.1. The number of rotatable bonds is 4. The molecule has 0 saturated carbocycles. The van der Waals surface area contributed by atoms with Gasteiger partial charge in [-0.1, -0.05) is 35.3 Å². The minimum Gasteiger partial charge on any atom is -0.454 e. The second-order valence-corrected chi connectivity index (χ2v) is 7.64. The van der Waals surface area contributed by atoms with Crippen LogP contribution in [0, 0.1) is 0 Å². The topological polar surface area (TPSA) is 64.9 Å². The molecule has 1 aliphatic heterocycles. The Labute approximate surface area is 182 Å². The number of hydrogen-bond acceptors (Lipinski definition) is 4. The van der Waals surface area contributed by atoms with Crippen molar-refractivity contribution in [1.29, 1.82) is 0 Å². The fourth-order valence-corrected chi connectivity index (χ4v) is 3.94. The van der Waals surface area contributed by atoms with E-state index in [1.54, 1.807) is 28.8 Å². The van der Waals surface area contributed by atoms with Crippen molar-refractivity contribution in [3.05, 3.63) is 82.2 Å². The molecule has 0 saturated heterocycles. The summed E-state index contributed by atoms with van der Waals surface area (Å²) in [6.45, 7) is 0.539. The Morgan fingerprint density at radius 3 is 2.67 bits per heavy atom. The number of amides is 1. The van der Waals surface area contributed by atoms with Crippen LogP contribution in [-0.2, 0) is 6.54 Å². The van der Waals surface area contributed by atoms with Gasteiger partial charge in [-0.05, 0) is 48.0 Å².